The van der Waals surface area contributed by atoms with Crippen molar-refractivity contribution in [2.24, 2.45) is 0 Å². The molecule has 0 aliphatic carbocycles. The molecule has 1 saturated heterocycles. The summed E-state index contributed by atoms with van der Waals surface area (Å²) in [6.07, 6.45) is 1.16. The van der Waals surface area contributed by atoms with E-state index in [0.717, 1.165) is 19.5 Å². The zero-order valence-electron chi connectivity index (χ0n) is 11.7. The molecule has 0 aromatic heterocycles. The zero-order valence-corrected chi connectivity index (χ0v) is 11.7. The maximum absolute atomic E-state index is 3.41. The normalized spacial score (nSPS) is 16.9. The van der Waals surface area contributed by atoms with Gasteiger partial charge in [0.2, 0.25) is 0 Å². The smallest absolute Gasteiger partial charge is 0.0108 e. The molecule has 3 rings (SSSR count). The molecular weight excluding hydrogens is 232 g/mol. The number of fused-ring (bicyclic) bond motifs is 1. The minimum atomic E-state index is 1.13. The van der Waals surface area contributed by atoms with E-state index < -0.39 is 0 Å². The lowest BCUT2D eigenvalue weighted by Crippen LogP contribution is -2.44. The van der Waals surface area contributed by atoms with Crippen LogP contribution in [0, 0.1) is 6.92 Å². The van der Waals surface area contributed by atoms with Gasteiger partial charge < -0.3 is 10.2 Å². The van der Waals surface area contributed by atoms with E-state index in [1.165, 1.54) is 41.5 Å². The Morgan fingerprint density at radius 3 is 2.68 bits per heavy atom. The first-order valence-electron chi connectivity index (χ1n) is 7.25. The molecule has 1 fully saturated rings. The number of hydrogen-bond donors (Lipinski definition) is 1. The van der Waals surface area contributed by atoms with E-state index in [2.05, 4.69) is 53.5 Å². The van der Waals surface area contributed by atoms with Crippen LogP contribution in [0.4, 0.5) is 0 Å². The highest BCUT2D eigenvalue weighted by molar-refractivity contribution is 5.86. The van der Waals surface area contributed by atoms with Crippen molar-refractivity contribution < 1.29 is 0 Å². The Balaban J connectivity index is 1.81. The molecule has 19 heavy (non-hydrogen) atoms. The fourth-order valence-electron chi connectivity index (χ4n) is 2.98. The minimum Gasteiger partial charge on any atom is -0.314 e. The second kappa shape index (κ2) is 5.72. The lowest BCUT2D eigenvalue weighted by molar-refractivity contribution is 0.244. The van der Waals surface area contributed by atoms with Crippen LogP contribution in [0.15, 0.2) is 36.4 Å². The monoisotopic (exact) mass is 254 g/mol. The first-order valence-corrected chi connectivity index (χ1v) is 7.25. The molecule has 0 amide bonds. The first-order chi connectivity index (χ1) is 9.34. The Labute approximate surface area is 115 Å². The molecule has 1 aliphatic heterocycles. The average molecular weight is 254 g/mol. The molecule has 2 nitrogen and oxygen atoms in total. The summed E-state index contributed by atoms with van der Waals surface area (Å²) in [5.74, 6) is 0. The quantitative estimate of drug-likeness (QED) is 0.905. The highest BCUT2D eigenvalue weighted by Gasteiger charge is 2.11. The van der Waals surface area contributed by atoms with E-state index in [1.807, 2.05) is 0 Å². The molecule has 0 spiro atoms. The van der Waals surface area contributed by atoms with Crippen LogP contribution in [0.1, 0.15) is 11.1 Å². The Hall–Kier alpha value is -1.38. The Kier molecular flexibility index (Phi) is 3.81. The first kappa shape index (κ1) is 12.6. The molecule has 2 heteroatoms. The molecule has 1 aliphatic rings. The molecule has 100 valence electrons. The van der Waals surface area contributed by atoms with Crippen molar-refractivity contribution in [1.82, 2.24) is 10.2 Å². The molecule has 0 atom stereocenters. The van der Waals surface area contributed by atoms with Crippen molar-refractivity contribution in [2.45, 2.75) is 13.3 Å². The number of piperazine rings is 1. The van der Waals surface area contributed by atoms with Gasteiger partial charge in [-0.05, 0) is 35.2 Å². The van der Waals surface area contributed by atoms with Crippen LogP contribution >= 0.6 is 0 Å². The van der Waals surface area contributed by atoms with E-state index in [-0.39, 0.29) is 0 Å². The van der Waals surface area contributed by atoms with Crippen LogP contribution in [-0.2, 0) is 6.42 Å². The second-order valence-corrected chi connectivity index (χ2v) is 5.42. The summed E-state index contributed by atoms with van der Waals surface area (Å²) in [7, 11) is 0. The number of hydrogen-bond acceptors (Lipinski definition) is 2. The van der Waals surface area contributed by atoms with Gasteiger partial charge in [-0.15, -0.1) is 0 Å². The van der Waals surface area contributed by atoms with E-state index in [9.17, 15) is 0 Å². The topological polar surface area (TPSA) is 15.3 Å². The molecule has 1 heterocycles. The number of nitrogens with zero attached hydrogens (tertiary/aromatic N) is 1. The number of rotatable bonds is 3. The summed E-state index contributed by atoms with van der Waals surface area (Å²) in [6.45, 7) is 8.05. The van der Waals surface area contributed by atoms with Gasteiger partial charge >= 0.3 is 0 Å². The maximum atomic E-state index is 3.41. The Bertz CT molecular complexity index is 556. The van der Waals surface area contributed by atoms with Crippen molar-refractivity contribution in [2.75, 3.05) is 32.7 Å². The highest BCUT2D eigenvalue weighted by atomic mass is 15.2. The molecule has 0 bridgehead atoms. The summed E-state index contributed by atoms with van der Waals surface area (Å²) >= 11 is 0. The molecule has 0 saturated carbocycles. The van der Waals surface area contributed by atoms with Crippen LogP contribution in [0.25, 0.3) is 10.8 Å². The van der Waals surface area contributed by atoms with Gasteiger partial charge in [-0.2, -0.15) is 0 Å². The fourth-order valence-corrected chi connectivity index (χ4v) is 2.98. The summed E-state index contributed by atoms with van der Waals surface area (Å²) in [5.41, 5.74) is 2.95. The second-order valence-electron chi connectivity index (χ2n) is 5.42. The van der Waals surface area contributed by atoms with Gasteiger partial charge in [-0.1, -0.05) is 36.4 Å². The van der Waals surface area contributed by atoms with E-state index in [0.29, 0.717) is 0 Å². The molecule has 0 radical (unpaired) electrons. The third-order valence-electron chi connectivity index (χ3n) is 4.16. The lowest BCUT2D eigenvalue weighted by atomic mass is 9.97. The number of aryl methyl sites for hydroxylation is 1. The van der Waals surface area contributed by atoms with Crippen LogP contribution in [0.3, 0.4) is 0 Å². The summed E-state index contributed by atoms with van der Waals surface area (Å²) < 4.78 is 0. The summed E-state index contributed by atoms with van der Waals surface area (Å²) in [5, 5.41) is 6.20. The van der Waals surface area contributed by atoms with Crippen molar-refractivity contribution in [1.29, 1.82) is 0 Å². The van der Waals surface area contributed by atoms with Crippen LogP contribution in [0.2, 0.25) is 0 Å². The van der Waals surface area contributed by atoms with Crippen LogP contribution in [-0.4, -0.2) is 37.6 Å². The number of benzene rings is 2. The van der Waals surface area contributed by atoms with Gasteiger partial charge in [0.25, 0.3) is 0 Å². The fraction of sp³-hybridized carbons (Fsp3) is 0.412. The van der Waals surface area contributed by atoms with Crippen molar-refractivity contribution in [3.8, 4) is 0 Å². The van der Waals surface area contributed by atoms with Gasteiger partial charge in [-0.3, -0.25) is 0 Å². The molecule has 2 aromatic carbocycles. The Morgan fingerprint density at radius 2 is 1.84 bits per heavy atom. The van der Waals surface area contributed by atoms with E-state index >= 15 is 0 Å². The van der Waals surface area contributed by atoms with Crippen molar-refractivity contribution in [3.63, 3.8) is 0 Å². The Morgan fingerprint density at radius 1 is 1.05 bits per heavy atom. The van der Waals surface area contributed by atoms with Crippen molar-refractivity contribution >= 4 is 10.8 Å². The molecule has 1 N–H and O–H groups in total. The third-order valence-corrected chi connectivity index (χ3v) is 4.16. The van der Waals surface area contributed by atoms with Crippen LogP contribution < -0.4 is 5.32 Å². The van der Waals surface area contributed by atoms with E-state index in [1.54, 1.807) is 0 Å². The summed E-state index contributed by atoms with van der Waals surface area (Å²) in [6, 6.07) is 13.2. The van der Waals surface area contributed by atoms with E-state index in [4.69, 9.17) is 0 Å². The molecular formula is C17H22N2. The lowest BCUT2D eigenvalue weighted by Gasteiger charge is -2.27. The standard InChI is InChI=1S/C17H22N2/c1-14-6-7-15-4-2-3-5-17(15)16(14)8-11-19-12-9-18-10-13-19/h2-7,18H,8-13H2,1H3. The van der Waals surface area contributed by atoms with Gasteiger partial charge in [0, 0.05) is 32.7 Å². The third kappa shape index (κ3) is 2.80. The highest BCUT2D eigenvalue weighted by Crippen LogP contribution is 2.22. The van der Waals surface area contributed by atoms with Gasteiger partial charge in [0.05, 0.1) is 0 Å². The minimum absolute atomic E-state index is 1.13. The number of nitrogens with one attached hydrogen (secondary N) is 1. The van der Waals surface area contributed by atoms with Crippen LogP contribution in [0.5, 0.6) is 0 Å². The SMILES string of the molecule is Cc1ccc2ccccc2c1CCN1CCNCC1. The average Bonchev–Trinajstić information content (AvgIpc) is 2.47. The van der Waals surface area contributed by atoms with Gasteiger partial charge in [0.1, 0.15) is 0 Å². The maximum Gasteiger partial charge on any atom is 0.0108 e. The largest absolute Gasteiger partial charge is 0.314 e. The predicted molar refractivity (Wildman–Crippen MR) is 81.7 cm³/mol. The summed E-state index contributed by atoms with van der Waals surface area (Å²) in [4.78, 5) is 2.57. The predicted octanol–water partition coefficient (Wildman–Crippen LogP) is 2.60. The van der Waals surface area contributed by atoms with Gasteiger partial charge in [0.15, 0.2) is 0 Å². The zero-order chi connectivity index (χ0) is 13.1. The molecule has 2 aromatic rings. The van der Waals surface area contributed by atoms with Gasteiger partial charge in [-0.25, -0.2) is 0 Å². The molecule has 0 unspecified atom stereocenters. The van der Waals surface area contributed by atoms with Crippen molar-refractivity contribution in [3.05, 3.63) is 47.5 Å².